The first-order chi connectivity index (χ1) is 12.6. The van der Waals surface area contributed by atoms with Crippen LogP contribution in [0.5, 0.6) is 5.75 Å². The van der Waals surface area contributed by atoms with Crippen molar-refractivity contribution in [2.45, 2.75) is 6.42 Å². The summed E-state index contributed by atoms with van der Waals surface area (Å²) >= 11 is 0. The second-order valence-electron chi connectivity index (χ2n) is 6.42. The Hall–Kier alpha value is -2.89. The van der Waals surface area contributed by atoms with Gasteiger partial charge in [0.2, 0.25) is 5.91 Å². The number of ether oxygens (including phenoxy) is 1. The molecule has 26 heavy (non-hydrogen) atoms. The van der Waals surface area contributed by atoms with E-state index in [-0.39, 0.29) is 24.3 Å². The molecule has 0 aliphatic carbocycles. The summed E-state index contributed by atoms with van der Waals surface area (Å²) in [6.45, 7) is 1.39. The van der Waals surface area contributed by atoms with Crippen LogP contribution in [0, 0.1) is 5.92 Å². The number of hydrogen-bond donors (Lipinski definition) is 0. The second kappa shape index (κ2) is 8.47. The quantitative estimate of drug-likeness (QED) is 0.819. The average Bonchev–Trinajstić information content (AvgIpc) is 2.82. The fourth-order valence-corrected chi connectivity index (χ4v) is 3.03. The molecule has 0 radical (unpaired) electrons. The van der Waals surface area contributed by atoms with Gasteiger partial charge in [0.15, 0.2) is 6.61 Å². The summed E-state index contributed by atoms with van der Waals surface area (Å²) < 4.78 is 5.57. The van der Waals surface area contributed by atoms with Crippen molar-refractivity contribution >= 4 is 11.8 Å². The Balaban J connectivity index is 1.65. The lowest BCUT2D eigenvalue weighted by Crippen LogP contribution is -2.39. The van der Waals surface area contributed by atoms with Crippen LogP contribution in [0.15, 0.2) is 54.7 Å². The van der Waals surface area contributed by atoms with Gasteiger partial charge in [-0.05, 0) is 24.3 Å². The zero-order valence-electron chi connectivity index (χ0n) is 14.9. The van der Waals surface area contributed by atoms with E-state index in [1.807, 2.05) is 48.5 Å². The highest BCUT2D eigenvalue weighted by Crippen LogP contribution is 2.16. The molecule has 1 atom stereocenters. The van der Waals surface area contributed by atoms with E-state index < -0.39 is 0 Å². The minimum absolute atomic E-state index is 0.0295. The van der Waals surface area contributed by atoms with Gasteiger partial charge in [0.1, 0.15) is 5.75 Å². The number of pyridine rings is 1. The van der Waals surface area contributed by atoms with Gasteiger partial charge in [-0.25, -0.2) is 0 Å². The highest BCUT2D eigenvalue weighted by molar-refractivity contribution is 5.82. The molecule has 1 saturated heterocycles. The number of rotatable bonds is 5. The summed E-state index contributed by atoms with van der Waals surface area (Å²) in [6.07, 6.45) is 2.24. The maximum atomic E-state index is 12.6. The number of nitrogens with zero attached hydrogens (tertiary/aromatic N) is 3. The number of likely N-dealkylation sites (N-methyl/N-ethyl adjacent to an activating group) is 1. The maximum absolute atomic E-state index is 12.6. The van der Waals surface area contributed by atoms with Crippen LogP contribution in [0.2, 0.25) is 0 Å². The number of para-hydroxylation sites is 1. The molecular weight excluding hydrogens is 330 g/mol. The Morgan fingerprint density at radius 3 is 2.65 bits per heavy atom. The van der Waals surface area contributed by atoms with Crippen LogP contribution in [-0.4, -0.2) is 59.9 Å². The lowest BCUT2D eigenvalue weighted by atomic mass is 10.0. The van der Waals surface area contributed by atoms with Gasteiger partial charge in [0.25, 0.3) is 5.91 Å². The van der Waals surface area contributed by atoms with Crippen molar-refractivity contribution in [3.05, 3.63) is 60.4 Å². The molecule has 1 fully saturated rings. The van der Waals surface area contributed by atoms with Gasteiger partial charge in [0, 0.05) is 45.0 Å². The Bertz CT molecular complexity index is 736. The highest BCUT2D eigenvalue weighted by atomic mass is 16.5. The number of aromatic nitrogens is 1. The smallest absolute Gasteiger partial charge is 0.260 e. The highest BCUT2D eigenvalue weighted by Gasteiger charge is 2.31. The molecule has 1 aromatic heterocycles. The summed E-state index contributed by atoms with van der Waals surface area (Å²) in [4.78, 5) is 32.9. The fraction of sp³-hybridized carbons (Fsp3) is 0.350. The van der Waals surface area contributed by atoms with Gasteiger partial charge in [-0.15, -0.1) is 0 Å². The zero-order valence-corrected chi connectivity index (χ0v) is 14.9. The average molecular weight is 353 g/mol. The standard InChI is InChI=1S/C20H23N3O3/c1-22-11-12-23(19(24)15-26-18-8-3-2-4-9-18)14-16(20(22)25)13-17-7-5-6-10-21-17/h2-10,16H,11-15H2,1H3. The number of carbonyl (C=O) groups excluding carboxylic acids is 2. The first-order valence-corrected chi connectivity index (χ1v) is 8.74. The molecule has 136 valence electrons. The van der Waals surface area contributed by atoms with Crippen LogP contribution in [0.1, 0.15) is 5.69 Å². The Kier molecular flexibility index (Phi) is 5.84. The summed E-state index contributed by atoms with van der Waals surface area (Å²) in [7, 11) is 1.78. The molecule has 1 aliphatic heterocycles. The molecule has 0 spiro atoms. The molecule has 0 bridgehead atoms. The largest absolute Gasteiger partial charge is 0.484 e. The molecule has 2 amide bonds. The first kappa shape index (κ1) is 17.9. The maximum Gasteiger partial charge on any atom is 0.260 e. The van der Waals surface area contributed by atoms with Crippen molar-refractivity contribution in [1.82, 2.24) is 14.8 Å². The van der Waals surface area contributed by atoms with Gasteiger partial charge in [-0.1, -0.05) is 24.3 Å². The van der Waals surface area contributed by atoms with E-state index in [2.05, 4.69) is 4.98 Å². The summed E-state index contributed by atoms with van der Waals surface area (Å²) in [5, 5.41) is 0. The van der Waals surface area contributed by atoms with Crippen molar-refractivity contribution in [3.8, 4) is 5.75 Å². The third-order valence-electron chi connectivity index (χ3n) is 4.51. The second-order valence-corrected chi connectivity index (χ2v) is 6.42. The molecule has 1 unspecified atom stereocenters. The van der Waals surface area contributed by atoms with Crippen molar-refractivity contribution < 1.29 is 14.3 Å². The summed E-state index contributed by atoms with van der Waals surface area (Å²) in [5.74, 6) is 0.310. The van der Waals surface area contributed by atoms with E-state index >= 15 is 0 Å². The number of benzene rings is 1. The normalized spacial score (nSPS) is 17.7. The SMILES string of the molecule is CN1CCN(C(=O)COc2ccccc2)CC(Cc2ccccn2)C1=O. The van der Waals surface area contributed by atoms with Gasteiger partial charge in [-0.2, -0.15) is 0 Å². The zero-order chi connectivity index (χ0) is 18.4. The van der Waals surface area contributed by atoms with Crippen molar-refractivity contribution in [2.24, 2.45) is 5.92 Å². The molecular formula is C20H23N3O3. The van der Waals surface area contributed by atoms with E-state index in [1.165, 1.54) is 0 Å². The van der Waals surface area contributed by atoms with E-state index in [9.17, 15) is 9.59 Å². The molecule has 3 rings (SSSR count). The van der Waals surface area contributed by atoms with Crippen molar-refractivity contribution in [1.29, 1.82) is 0 Å². The Morgan fingerprint density at radius 1 is 1.15 bits per heavy atom. The van der Waals surface area contributed by atoms with E-state index in [1.54, 1.807) is 23.0 Å². The lowest BCUT2D eigenvalue weighted by Gasteiger charge is -2.23. The number of hydrogen-bond acceptors (Lipinski definition) is 4. The van der Waals surface area contributed by atoms with Crippen LogP contribution in [0.25, 0.3) is 0 Å². The van der Waals surface area contributed by atoms with E-state index in [0.29, 0.717) is 31.8 Å². The topological polar surface area (TPSA) is 62.7 Å². The lowest BCUT2D eigenvalue weighted by molar-refractivity contribution is -0.135. The minimum Gasteiger partial charge on any atom is -0.484 e. The molecule has 6 heteroatoms. The van der Waals surface area contributed by atoms with Gasteiger partial charge in [-0.3, -0.25) is 14.6 Å². The minimum atomic E-state index is -0.293. The van der Waals surface area contributed by atoms with Gasteiger partial charge >= 0.3 is 0 Å². The summed E-state index contributed by atoms with van der Waals surface area (Å²) in [5.41, 5.74) is 0.856. The predicted octanol–water partition coefficient (Wildman–Crippen LogP) is 1.62. The Labute approximate surface area is 153 Å². The monoisotopic (exact) mass is 353 g/mol. The first-order valence-electron chi connectivity index (χ1n) is 8.74. The molecule has 2 heterocycles. The van der Waals surface area contributed by atoms with Crippen LogP contribution in [0.4, 0.5) is 0 Å². The fourth-order valence-electron chi connectivity index (χ4n) is 3.03. The van der Waals surface area contributed by atoms with E-state index in [0.717, 1.165) is 5.69 Å². The third-order valence-corrected chi connectivity index (χ3v) is 4.51. The van der Waals surface area contributed by atoms with Crippen molar-refractivity contribution in [2.75, 3.05) is 33.3 Å². The molecule has 0 N–H and O–H groups in total. The number of amides is 2. The molecule has 2 aromatic rings. The predicted molar refractivity (Wildman–Crippen MR) is 97.6 cm³/mol. The Morgan fingerprint density at radius 2 is 1.92 bits per heavy atom. The molecule has 1 aromatic carbocycles. The van der Waals surface area contributed by atoms with E-state index in [4.69, 9.17) is 4.74 Å². The van der Waals surface area contributed by atoms with Crippen LogP contribution < -0.4 is 4.74 Å². The molecule has 6 nitrogen and oxygen atoms in total. The van der Waals surface area contributed by atoms with Crippen LogP contribution in [0.3, 0.4) is 0 Å². The van der Waals surface area contributed by atoms with Gasteiger partial charge < -0.3 is 14.5 Å². The summed E-state index contributed by atoms with van der Waals surface area (Å²) in [6, 6.07) is 14.9. The molecule has 0 saturated carbocycles. The van der Waals surface area contributed by atoms with Crippen LogP contribution in [-0.2, 0) is 16.0 Å². The third kappa shape index (κ3) is 4.59. The molecule has 1 aliphatic rings. The number of carbonyl (C=O) groups is 2. The van der Waals surface area contributed by atoms with Crippen LogP contribution >= 0.6 is 0 Å². The van der Waals surface area contributed by atoms with Crippen molar-refractivity contribution in [3.63, 3.8) is 0 Å². The van der Waals surface area contributed by atoms with Gasteiger partial charge in [0.05, 0.1) is 5.92 Å².